The number of rotatable bonds is 15. The maximum absolute atomic E-state index is 9.79. The molecule has 148 valence electrons. The van der Waals surface area contributed by atoms with Gasteiger partial charge >= 0.3 is 0 Å². The first-order chi connectivity index (χ1) is 12.2. The molecule has 0 aromatic rings. The quantitative estimate of drug-likeness (QED) is 0.310. The number of unbranched alkanes of at least 4 members (excludes halogenated alkanes) is 8. The molecule has 5 heteroatoms. The number of allylic oxidation sites excluding steroid dienone is 2. The topological polar surface area (TPSA) is 79.2 Å². The molecule has 1 aliphatic rings. The second-order valence-electron chi connectivity index (χ2n) is 6.97. The van der Waals surface area contributed by atoms with E-state index in [0.717, 1.165) is 12.8 Å². The van der Waals surface area contributed by atoms with Gasteiger partial charge in [-0.25, -0.2) is 0 Å². The fraction of sp³-hybridized carbons (Fsp3) is 0.900. The van der Waals surface area contributed by atoms with Crippen LogP contribution in [0.3, 0.4) is 0 Å². The van der Waals surface area contributed by atoms with Crippen molar-refractivity contribution in [2.24, 2.45) is 0 Å². The van der Waals surface area contributed by atoms with E-state index in [1.54, 1.807) is 0 Å². The predicted octanol–water partition coefficient (Wildman–Crippen LogP) is 2.96. The minimum atomic E-state index is -0.979. The number of aliphatic hydroxyl groups is 3. The number of hydrogen-bond donors (Lipinski definition) is 3. The molecule has 0 aliphatic carbocycles. The van der Waals surface area contributed by atoms with E-state index in [0.29, 0.717) is 6.61 Å². The summed E-state index contributed by atoms with van der Waals surface area (Å²) in [6, 6.07) is 0. The van der Waals surface area contributed by atoms with Crippen LogP contribution in [0.1, 0.15) is 71.1 Å². The highest BCUT2D eigenvalue weighted by atomic mass is 16.6. The fourth-order valence-electron chi connectivity index (χ4n) is 3.08. The summed E-state index contributed by atoms with van der Waals surface area (Å²) in [7, 11) is 0. The Morgan fingerprint density at radius 3 is 2.24 bits per heavy atom. The summed E-state index contributed by atoms with van der Waals surface area (Å²) in [6.45, 7) is 2.66. The van der Waals surface area contributed by atoms with Crippen molar-refractivity contribution in [1.82, 2.24) is 0 Å². The van der Waals surface area contributed by atoms with Gasteiger partial charge in [0.2, 0.25) is 0 Å². The van der Waals surface area contributed by atoms with Gasteiger partial charge < -0.3 is 24.8 Å². The third-order valence-electron chi connectivity index (χ3n) is 4.72. The van der Waals surface area contributed by atoms with Crippen LogP contribution < -0.4 is 0 Å². The van der Waals surface area contributed by atoms with Gasteiger partial charge in [0, 0.05) is 6.61 Å². The molecule has 25 heavy (non-hydrogen) atoms. The van der Waals surface area contributed by atoms with Gasteiger partial charge in [-0.2, -0.15) is 0 Å². The van der Waals surface area contributed by atoms with Crippen molar-refractivity contribution >= 4 is 0 Å². The van der Waals surface area contributed by atoms with Crippen molar-refractivity contribution in [1.29, 1.82) is 0 Å². The molecule has 4 atom stereocenters. The van der Waals surface area contributed by atoms with Crippen LogP contribution in [-0.4, -0.2) is 59.6 Å². The van der Waals surface area contributed by atoms with E-state index in [-0.39, 0.29) is 13.2 Å². The van der Waals surface area contributed by atoms with E-state index in [1.807, 2.05) is 0 Å². The second-order valence-corrected chi connectivity index (χ2v) is 6.97. The Morgan fingerprint density at radius 2 is 1.64 bits per heavy atom. The molecule has 1 rings (SSSR count). The lowest BCUT2D eigenvalue weighted by molar-refractivity contribution is -0.101. The molecule has 1 aliphatic heterocycles. The van der Waals surface area contributed by atoms with Crippen LogP contribution >= 0.6 is 0 Å². The molecule has 0 aromatic carbocycles. The Hall–Kier alpha value is -0.460. The van der Waals surface area contributed by atoms with Crippen LogP contribution in [0, 0.1) is 0 Å². The highest BCUT2D eigenvalue weighted by Crippen LogP contribution is 2.20. The third kappa shape index (κ3) is 9.71. The molecule has 0 unspecified atom stereocenters. The van der Waals surface area contributed by atoms with Gasteiger partial charge in [-0.15, -0.1) is 0 Å². The van der Waals surface area contributed by atoms with E-state index in [1.165, 1.54) is 51.4 Å². The molecular weight excluding hydrogens is 320 g/mol. The normalized spacial score (nSPS) is 25.0. The van der Waals surface area contributed by atoms with Crippen LogP contribution in [0.5, 0.6) is 0 Å². The van der Waals surface area contributed by atoms with Crippen LogP contribution in [0.25, 0.3) is 0 Å². The summed E-state index contributed by atoms with van der Waals surface area (Å²) < 4.78 is 10.9. The van der Waals surface area contributed by atoms with Crippen LogP contribution in [0.2, 0.25) is 0 Å². The van der Waals surface area contributed by atoms with Crippen molar-refractivity contribution in [2.75, 3.05) is 19.8 Å². The summed E-state index contributed by atoms with van der Waals surface area (Å²) in [5.41, 5.74) is 0. The molecule has 5 nitrogen and oxygen atoms in total. The van der Waals surface area contributed by atoms with Gasteiger partial charge in [0.25, 0.3) is 0 Å². The Morgan fingerprint density at radius 1 is 1.00 bits per heavy atom. The lowest BCUT2D eigenvalue weighted by atomic mass is 10.1. The highest BCUT2D eigenvalue weighted by Gasteiger charge is 2.40. The lowest BCUT2D eigenvalue weighted by Crippen LogP contribution is -2.42. The van der Waals surface area contributed by atoms with E-state index in [4.69, 9.17) is 9.47 Å². The molecule has 1 saturated heterocycles. The SMILES string of the molecule is CCCCC/C=C/CCCCCCCO[C@H](CO)[C@@H]1OC[C@H](O)[C@@H]1O. The number of hydrogen-bond acceptors (Lipinski definition) is 5. The van der Waals surface area contributed by atoms with Crippen molar-refractivity contribution in [3.8, 4) is 0 Å². The number of aliphatic hydroxyl groups excluding tert-OH is 3. The Kier molecular flexibility index (Phi) is 13.3. The Labute approximate surface area is 153 Å². The van der Waals surface area contributed by atoms with E-state index in [2.05, 4.69) is 19.1 Å². The third-order valence-corrected chi connectivity index (χ3v) is 4.72. The first-order valence-corrected chi connectivity index (χ1v) is 10.1. The van der Waals surface area contributed by atoms with Crippen LogP contribution in [-0.2, 0) is 9.47 Å². The molecule has 0 radical (unpaired) electrons. The van der Waals surface area contributed by atoms with Crippen molar-refractivity contribution in [3.05, 3.63) is 12.2 Å². The zero-order chi connectivity index (χ0) is 18.3. The molecule has 0 amide bonds. The largest absolute Gasteiger partial charge is 0.394 e. The first-order valence-electron chi connectivity index (χ1n) is 10.1. The van der Waals surface area contributed by atoms with E-state index < -0.39 is 24.4 Å². The first kappa shape index (κ1) is 22.6. The average Bonchev–Trinajstić information content (AvgIpc) is 2.95. The lowest BCUT2D eigenvalue weighted by Gasteiger charge is -2.24. The molecule has 1 heterocycles. The van der Waals surface area contributed by atoms with Crippen molar-refractivity contribution in [3.63, 3.8) is 0 Å². The minimum Gasteiger partial charge on any atom is -0.394 e. The summed E-state index contributed by atoms with van der Waals surface area (Å²) >= 11 is 0. The fourth-order valence-corrected chi connectivity index (χ4v) is 3.08. The van der Waals surface area contributed by atoms with Crippen molar-refractivity contribution < 1.29 is 24.8 Å². The maximum atomic E-state index is 9.79. The standard InChI is InChI=1S/C20H38O5/c1-2-3-4-5-6-7-8-9-10-11-12-13-14-24-18(15-21)20-19(23)17(22)16-25-20/h6-7,17-23H,2-5,8-16H2,1H3/b7-6+/t17-,18+,19-,20-/m0/s1. The van der Waals surface area contributed by atoms with Crippen LogP contribution in [0.4, 0.5) is 0 Å². The Balaban J connectivity index is 1.94. The van der Waals surface area contributed by atoms with Gasteiger partial charge in [0.15, 0.2) is 0 Å². The number of ether oxygens (including phenoxy) is 2. The molecular formula is C20H38O5. The summed E-state index contributed by atoms with van der Waals surface area (Å²) in [4.78, 5) is 0. The van der Waals surface area contributed by atoms with Gasteiger partial charge in [-0.3, -0.25) is 0 Å². The second kappa shape index (κ2) is 14.7. The maximum Gasteiger partial charge on any atom is 0.114 e. The van der Waals surface area contributed by atoms with E-state index >= 15 is 0 Å². The van der Waals surface area contributed by atoms with Crippen molar-refractivity contribution in [2.45, 2.75) is 95.5 Å². The predicted molar refractivity (Wildman–Crippen MR) is 99.6 cm³/mol. The van der Waals surface area contributed by atoms with Gasteiger partial charge in [0.05, 0.1) is 13.2 Å². The van der Waals surface area contributed by atoms with Gasteiger partial charge in [-0.05, 0) is 32.1 Å². The molecule has 0 spiro atoms. The average molecular weight is 359 g/mol. The van der Waals surface area contributed by atoms with E-state index in [9.17, 15) is 15.3 Å². The Bertz CT molecular complexity index is 334. The molecule has 1 fully saturated rings. The summed E-state index contributed by atoms with van der Waals surface area (Å²) in [6.07, 6.45) is 13.6. The highest BCUT2D eigenvalue weighted by molar-refractivity contribution is 4.88. The monoisotopic (exact) mass is 358 g/mol. The smallest absolute Gasteiger partial charge is 0.114 e. The molecule has 0 bridgehead atoms. The minimum absolute atomic E-state index is 0.0960. The van der Waals surface area contributed by atoms with Gasteiger partial charge in [-0.1, -0.05) is 51.2 Å². The molecule has 0 saturated carbocycles. The molecule has 0 aromatic heterocycles. The zero-order valence-corrected chi connectivity index (χ0v) is 15.8. The zero-order valence-electron chi connectivity index (χ0n) is 15.8. The van der Waals surface area contributed by atoms with Gasteiger partial charge in [0.1, 0.15) is 24.4 Å². The van der Waals surface area contributed by atoms with Crippen LogP contribution in [0.15, 0.2) is 12.2 Å². The summed E-state index contributed by atoms with van der Waals surface area (Å²) in [5, 5.41) is 28.6. The molecule has 3 N–H and O–H groups in total. The summed E-state index contributed by atoms with van der Waals surface area (Å²) in [5.74, 6) is 0.